The summed E-state index contributed by atoms with van der Waals surface area (Å²) in [5, 5.41) is 2.76. The summed E-state index contributed by atoms with van der Waals surface area (Å²) in [4.78, 5) is 24.2. The second-order valence-corrected chi connectivity index (χ2v) is 7.02. The van der Waals surface area contributed by atoms with Gasteiger partial charge in [0.2, 0.25) is 0 Å². The van der Waals surface area contributed by atoms with Crippen molar-refractivity contribution in [2.75, 3.05) is 18.5 Å². The summed E-state index contributed by atoms with van der Waals surface area (Å²) in [5.41, 5.74) is 3.36. The molecule has 31 heavy (non-hydrogen) atoms. The lowest BCUT2D eigenvalue weighted by molar-refractivity contribution is -0.120. The van der Waals surface area contributed by atoms with E-state index in [4.69, 9.17) is 15.9 Å². The highest BCUT2D eigenvalue weighted by Crippen LogP contribution is 2.14. The maximum atomic E-state index is 12.2. The maximum Gasteiger partial charge on any atom is 0.262 e. The van der Waals surface area contributed by atoms with E-state index in [9.17, 15) is 9.59 Å². The van der Waals surface area contributed by atoms with Gasteiger partial charge in [-0.25, -0.2) is 0 Å². The van der Waals surface area contributed by atoms with Gasteiger partial charge in [-0.15, -0.1) is 6.42 Å². The van der Waals surface area contributed by atoms with Gasteiger partial charge in [0, 0.05) is 17.7 Å². The fraction of sp³-hybridized carbons (Fsp3) is 0.154. The SMILES string of the molecule is C#Cc1ccc(OCC(=O)Nc2ccc(CC(=O)COc3ccc(C)cc3)cc2)cc1. The molecule has 0 heterocycles. The molecule has 0 saturated carbocycles. The fourth-order valence-corrected chi connectivity index (χ4v) is 2.78. The van der Waals surface area contributed by atoms with Gasteiger partial charge < -0.3 is 14.8 Å². The third kappa shape index (κ3) is 7.06. The Morgan fingerprint density at radius 3 is 2.03 bits per heavy atom. The molecule has 1 N–H and O–H groups in total. The Hall–Kier alpha value is -4.04. The number of carbonyl (C=O) groups is 2. The molecule has 1 amide bonds. The Balaban J connectivity index is 1.42. The molecule has 0 saturated heterocycles. The van der Waals surface area contributed by atoms with E-state index in [0.29, 0.717) is 17.2 Å². The Morgan fingerprint density at radius 1 is 0.839 bits per heavy atom. The summed E-state index contributed by atoms with van der Waals surface area (Å²) in [6, 6.07) is 21.6. The van der Waals surface area contributed by atoms with Crippen molar-refractivity contribution in [2.24, 2.45) is 0 Å². The second-order valence-electron chi connectivity index (χ2n) is 7.02. The van der Waals surface area contributed by atoms with E-state index < -0.39 is 0 Å². The minimum absolute atomic E-state index is 0.0151. The Kier molecular flexibility index (Phi) is 7.45. The van der Waals surface area contributed by atoms with Crippen molar-refractivity contribution in [2.45, 2.75) is 13.3 Å². The van der Waals surface area contributed by atoms with E-state index >= 15 is 0 Å². The monoisotopic (exact) mass is 413 g/mol. The van der Waals surface area contributed by atoms with Crippen LogP contribution in [0.4, 0.5) is 5.69 Å². The number of Topliss-reactive ketones (excluding diaryl/α,β-unsaturated/α-hetero) is 1. The van der Waals surface area contributed by atoms with Crippen molar-refractivity contribution in [1.82, 2.24) is 0 Å². The van der Waals surface area contributed by atoms with Crippen LogP contribution in [0, 0.1) is 19.3 Å². The lowest BCUT2D eigenvalue weighted by Gasteiger charge is -2.09. The zero-order chi connectivity index (χ0) is 22.1. The molecule has 0 aromatic heterocycles. The first-order valence-electron chi connectivity index (χ1n) is 9.81. The minimum Gasteiger partial charge on any atom is -0.486 e. The summed E-state index contributed by atoms with van der Waals surface area (Å²) >= 11 is 0. The number of benzene rings is 3. The lowest BCUT2D eigenvalue weighted by atomic mass is 10.1. The van der Waals surface area contributed by atoms with Crippen LogP contribution in [0.15, 0.2) is 72.8 Å². The number of hydrogen-bond acceptors (Lipinski definition) is 4. The average Bonchev–Trinajstić information content (AvgIpc) is 2.79. The predicted octanol–water partition coefficient (Wildman–Crippen LogP) is 4.18. The third-order valence-corrected chi connectivity index (χ3v) is 4.45. The number of rotatable bonds is 9. The van der Waals surface area contributed by atoms with Gasteiger partial charge in [0.15, 0.2) is 12.4 Å². The lowest BCUT2D eigenvalue weighted by Crippen LogP contribution is -2.20. The highest BCUT2D eigenvalue weighted by atomic mass is 16.5. The summed E-state index contributed by atoms with van der Waals surface area (Å²) in [6.45, 7) is 1.89. The minimum atomic E-state index is -0.281. The fourth-order valence-electron chi connectivity index (χ4n) is 2.78. The smallest absolute Gasteiger partial charge is 0.262 e. The summed E-state index contributed by atoms with van der Waals surface area (Å²) < 4.78 is 11.0. The molecular formula is C26H23NO4. The van der Waals surface area contributed by atoms with Crippen LogP contribution in [0.1, 0.15) is 16.7 Å². The number of ether oxygens (including phenoxy) is 2. The largest absolute Gasteiger partial charge is 0.486 e. The van der Waals surface area contributed by atoms with Gasteiger partial charge >= 0.3 is 0 Å². The molecule has 5 heteroatoms. The Morgan fingerprint density at radius 2 is 1.42 bits per heavy atom. The average molecular weight is 413 g/mol. The zero-order valence-electron chi connectivity index (χ0n) is 17.3. The Labute approximate surface area is 182 Å². The number of carbonyl (C=O) groups excluding carboxylic acids is 2. The van der Waals surface area contributed by atoms with Gasteiger partial charge in [-0.3, -0.25) is 9.59 Å². The van der Waals surface area contributed by atoms with E-state index in [1.54, 1.807) is 48.5 Å². The molecule has 0 aliphatic carbocycles. The van der Waals surface area contributed by atoms with Crippen LogP contribution in [0.25, 0.3) is 0 Å². The van der Waals surface area contributed by atoms with Gasteiger partial charge in [-0.2, -0.15) is 0 Å². The van der Waals surface area contributed by atoms with E-state index in [-0.39, 0.29) is 31.3 Å². The summed E-state index contributed by atoms with van der Waals surface area (Å²) in [6.07, 6.45) is 5.57. The number of nitrogens with one attached hydrogen (secondary N) is 1. The van der Waals surface area contributed by atoms with Crippen molar-refractivity contribution in [3.63, 3.8) is 0 Å². The predicted molar refractivity (Wildman–Crippen MR) is 120 cm³/mol. The molecule has 0 spiro atoms. The van der Waals surface area contributed by atoms with Crippen LogP contribution < -0.4 is 14.8 Å². The molecular weight excluding hydrogens is 390 g/mol. The van der Waals surface area contributed by atoms with Gasteiger partial charge in [-0.05, 0) is 61.0 Å². The highest BCUT2D eigenvalue weighted by Gasteiger charge is 2.07. The molecule has 3 aromatic rings. The third-order valence-electron chi connectivity index (χ3n) is 4.45. The van der Waals surface area contributed by atoms with Crippen molar-refractivity contribution in [3.05, 3.63) is 89.5 Å². The summed E-state index contributed by atoms with van der Waals surface area (Å²) in [7, 11) is 0. The number of hydrogen-bond donors (Lipinski definition) is 1. The first-order chi connectivity index (χ1) is 15.0. The molecule has 0 aliphatic heterocycles. The molecule has 0 bridgehead atoms. The molecule has 0 fully saturated rings. The van der Waals surface area contributed by atoms with Crippen molar-refractivity contribution >= 4 is 17.4 Å². The number of ketones is 1. The van der Waals surface area contributed by atoms with Gasteiger partial charge in [0.25, 0.3) is 5.91 Å². The molecule has 3 aromatic carbocycles. The number of aryl methyl sites for hydroxylation is 1. The number of terminal acetylenes is 1. The Bertz CT molecular complexity index is 1060. The number of amides is 1. The summed E-state index contributed by atoms with van der Waals surface area (Å²) in [5.74, 6) is 3.45. The molecule has 0 aliphatic rings. The highest BCUT2D eigenvalue weighted by molar-refractivity contribution is 5.92. The van der Waals surface area contributed by atoms with Gasteiger partial charge in [0.1, 0.15) is 18.1 Å². The molecule has 3 rings (SSSR count). The second kappa shape index (κ2) is 10.7. The quantitative estimate of drug-likeness (QED) is 0.535. The number of anilines is 1. The first kappa shape index (κ1) is 21.7. The van der Waals surface area contributed by atoms with Crippen molar-refractivity contribution in [3.8, 4) is 23.8 Å². The standard InChI is InChI=1S/C26H23NO4/c1-3-20-8-14-25(15-9-20)31-18-26(29)27-22-10-6-21(7-11-22)16-23(28)17-30-24-12-4-19(2)5-13-24/h1,4-15H,16-18H2,2H3,(H,27,29). The zero-order valence-corrected chi connectivity index (χ0v) is 17.3. The molecule has 156 valence electrons. The van der Waals surface area contributed by atoms with Crippen LogP contribution in [-0.4, -0.2) is 24.9 Å². The normalized spacial score (nSPS) is 10.1. The van der Waals surface area contributed by atoms with Gasteiger partial charge in [0.05, 0.1) is 0 Å². The topological polar surface area (TPSA) is 64.6 Å². The van der Waals surface area contributed by atoms with Crippen LogP contribution in [0.3, 0.4) is 0 Å². The van der Waals surface area contributed by atoms with Crippen LogP contribution >= 0.6 is 0 Å². The van der Waals surface area contributed by atoms with E-state index in [1.807, 2.05) is 31.2 Å². The van der Waals surface area contributed by atoms with E-state index in [2.05, 4.69) is 11.2 Å². The molecule has 0 radical (unpaired) electrons. The van der Waals surface area contributed by atoms with Crippen molar-refractivity contribution in [1.29, 1.82) is 0 Å². The van der Waals surface area contributed by atoms with Crippen molar-refractivity contribution < 1.29 is 19.1 Å². The van der Waals surface area contributed by atoms with Crippen LogP contribution in [0.5, 0.6) is 11.5 Å². The van der Waals surface area contributed by atoms with Crippen LogP contribution in [0.2, 0.25) is 0 Å². The first-order valence-corrected chi connectivity index (χ1v) is 9.81. The molecule has 0 atom stereocenters. The van der Waals surface area contributed by atoms with Gasteiger partial charge in [-0.1, -0.05) is 35.7 Å². The van der Waals surface area contributed by atoms with E-state index in [0.717, 1.165) is 16.7 Å². The molecule has 5 nitrogen and oxygen atoms in total. The maximum absolute atomic E-state index is 12.2. The van der Waals surface area contributed by atoms with E-state index in [1.165, 1.54) is 0 Å². The van der Waals surface area contributed by atoms with Crippen LogP contribution in [-0.2, 0) is 16.0 Å². The molecule has 0 unspecified atom stereocenters.